The lowest BCUT2D eigenvalue weighted by Crippen LogP contribution is -2.63. The first-order valence-corrected chi connectivity index (χ1v) is 8.66. The number of hydrogen-bond acceptors (Lipinski definition) is 4. The number of nitrogens with zero attached hydrogens (tertiary/aromatic N) is 2. The van der Waals surface area contributed by atoms with Crippen LogP contribution in [0.15, 0.2) is 30.3 Å². The fourth-order valence-electron chi connectivity index (χ4n) is 3.89. The van der Waals surface area contributed by atoms with E-state index in [0.29, 0.717) is 13.1 Å². The molecule has 24 heavy (non-hydrogen) atoms. The molecular formula is C19H28N2O3. The van der Waals surface area contributed by atoms with Crippen LogP contribution in [-0.2, 0) is 11.3 Å². The molecule has 0 radical (unpaired) electrons. The van der Waals surface area contributed by atoms with Crippen molar-refractivity contribution in [2.75, 3.05) is 32.8 Å². The first kappa shape index (κ1) is 17.2. The topological polar surface area (TPSA) is 53.0 Å². The second kappa shape index (κ2) is 6.37. The molecule has 1 amide bonds. The molecule has 5 heteroatoms. The van der Waals surface area contributed by atoms with E-state index in [4.69, 9.17) is 4.74 Å². The van der Waals surface area contributed by atoms with Gasteiger partial charge < -0.3 is 14.7 Å². The second-order valence-electron chi connectivity index (χ2n) is 8.23. The molecule has 2 fully saturated rings. The van der Waals surface area contributed by atoms with Crippen molar-refractivity contribution in [1.82, 2.24) is 9.80 Å². The van der Waals surface area contributed by atoms with Crippen molar-refractivity contribution in [3.8, 4) is 0 Å². The molecule has 0 bridgehead atoms. The predicted molar refractivity (Wildman–Crippen MR) is 92.5 cm³/mol. The maximum Gasteiger partial charge on any atom is 0.410 e. The van der Waals surface area contributed by atoms with E-state index >= 15 is 0 Å². The fraction of sp³-hybridized carbons (Fsp3) is 0.632. The normalized spacial score (nSPS) is 23.3. The Kier molecular flexibility index (Phi) is 4.58. The lowest BCUT2D eigenvalue weighted by Gasteiger charge is -2.50. The zero-order valence-electron chi connectivity index (χ0n) is 14.9. The van der Waals surface area contributed by atoms with E-state index < -0.39 is 5.60 Å². The molecule has 0 unspecified atom stereocenters. The van der Waals surface area contributed by atoms with Crippen LogP contribution in [0.2, 0.25) is 0 Å². The zero-order chi connectivity index (χ0) is 17.4. The van der Waals surface area contributed by atoms with Gasteiger partial charge in [0.05, 0.1) is 0 Å². The van der Waals surface area contributed by atoms with Crippen LogP contribution >= 0.6 is 0 Å². The standard InChI is InChI=1S/C19H28N2O3/c1-18(2,3)24-17(23)21-13-19(14-21)12-20(10-16(19)11-22)9-15-7-5-4-6-8-15/h4-8,16,22H,9-14H2,1-3H3/t16-/m1/s1. The van der Waals surface area contributed by atoms with Crippen molar-refractivity contribution in [2.45, 2.75) is 32.9 Å². The molecule has 2 aliphatic rings. The molecular weight excluding hydrogens is 304 g/mol. The maximum absolute atomic E-state index is 12.2. The maximum atomic E-state index is 12.2. The lowest BCUT2D eigenvalue weighted by molar-refractivity contribution is -0.0531. The van der Waals surface area contributed by atoms with Crippen LogP contribution in [0.4, 0.5) is 4.79 Å². The number of benzene rings is 1. The number of carbonyl (C=O) groups excluding carboxylic acids is 1. The van der Waals surface area contributed by atoms with E-state index in [1.165, 1.54) is 5.56 Å². The molecule has 1 atom stereocenters. The molecule has 132 valence electrons. The predicted octanol–water partition coefficient (Wildman–Crippen LogP) is 2.35. The van der Waals surface area contributed by atoms with Crippen molar-refractivity contribution < 1.29 is 14.6 Å². The summed E-state index contributed by atoms with van der Waals surface area (Å²) in [5, 5.41) is 9.80. The van der Waals surface area contributed by atoms with Gasteiger partial charge in [0.1, 0.15) is 5.60 Å². The van der Waals surface area contributed by atoms with Crippen molar-refractivity contribution in [3.05, 3.63) is 35.9 Å². The van der Waals surface area contributed by atoms with Crippen LogP contribution in [-0.4, -0.2) is 59.4 Å². The van der Waals surface area contributed by atoms with Crippen LogP contribution in [0.5, 0.6) is 0 Å². The molecule has 3 rings (SSSR count). The quantitative estimate of drug-likeness (QED) is 0.923. The Balaban J connectivity index is 1.59. The minimum atomic E-state index is -0.467. The first-order chi connectivity index (χ1) is 11.3. The molecule has 1 aromatic rings. The van der Waals surface area contributed by atoms with Gasteiger partial charge in [0.2, 0.25) is 0 Å². The van der Waals surface area contributed by atoms with Gasteiger partial charge in [-0.25, -0.2) is 4.79 Å². The largest absolute Gasteiger partial charge is 0.444 e. The van der Waals surface area contributed by atoms with E-state index in [1.54, 1.807) is 4.90 Å². The summed E-state index contributed by atoms with van der Waals surface area (Å²) in [6.45, 7) is 9.88. The Hall–Kier alpha value is -1.59. The van der Waals surface area contributed by atoms with Crippen LogP contribution in [0.1, 0.15) is 26.3 Å². The summed E-state index contributed by atoms with van der Waals surface area (Å²) >= 11 is 0. The molecule has 0 aromatic heterocycles. The van der Waals surface area contributed by atoms with Crippen molar-refractivity contribution >= 4 is 6.09 Å². The Morgan fingerprint density at radius 2 is 1.92 bits per heavy atom. The number of hydrogen-bond donors (Lipinski definition) is 1. The zero-order valence-corrected chi connectivity index (χ0v) is 14.9. The highest BCUT2D eigenvalue weighted by atomic mass is 16.6. The summed E-state index contributed by atoms with van der Waals surface area (Å²) < 4.78 is 5.45. The molecule has 1 spiro atoms. The molecule has 1 aromatic carbocycles. The Bertz CT molecular complexity index is 576. The third-order valence-electron chi connectivity index (χ3n) is 5.02. The Morgan fingerprint density at radius 3 is 2.50 bits per heavy atom. The third-order valence-corrected chi connectivity index (χ3v) is 5.02. The Labute approximate surface area is 144 Å². The average Bonchev–Trinajstić information content (AvgIpc) is 2.83. The smallest absolute Gasteiger partial charge is 0.410 e. The number of amides is 1. The van der Waals surface area contributed by atoms with Gasteiger partial charge in [0, 0.05) is 50.7 Å². The van der Waals surface area contributed by atoms with Crippen molar-refractivity contribution in [3.63, 3.8) is 0 Å². The van der Waals surface area contributed by atoms with Gasteiger partial charge in [-0.05, 0) is 26.3 Å². The fourth-order valence-corrected chi connectivity index (χ4v) is 3.89. The number of carbonyl (C=O) groups is 1. The van der Waals surface area contributed by atoms with Crippen LogP contribution in [0.25, 0.3) is 0 Å². The number of ether oxygens (including phenoxy) is 1. The van der Waals surface area contributed by atoms with Gasteiger partial charge in [-0.2, -0.15) is 0 Å². The minimum absolute atomic E-state index is 0.0143. The van der Waals surface area contributed by atoms with Gasteiger partial charge >= 0.3 is 6.09 Å². The van der Waals surface area contributed by atoms with Gasteiger partial charge in [-0.15, -0.1) is 0 Å². The number of likely N-dealkylation sites (tertiary alicyclic amines) is 2. The number of aliphatic hydroxyl groups excluding tert-OH is 1. The highest BCUT2D eigenvalue weighted by Gasteiger charge is 2.55. The van der Waals surface area contributed by atoms with E-state index in [2.05, 4.69) is 29.2 Å². The van der Waals surface area contributed by atoms with Crippen molar-refractivity contribution in [1.29, 1.82) is 0 Å². The van der Waals surface area contributed by atoms with Gasteiger partial charge in [0.25, 0.3) is 0 Å². The van der Waals surface area contributed by atoms with Crippen molar-refractivity contribution in [2.24, 2.45) is 11.3 Å². The molecule has 0 aliphatic carbocycles. The molecule has 5 nitrogen and oxygen atoms in total. The monoisotopic (exact) mass is 332 g/mol. The summed E-state index contributed by atoms with van der Waals surface area (Å²) in [7, 11) is 0. The highest BCUT2D eigenvalue weighted by Crippen LogP contribution is 2.44. The van der Waals surface area contributed by atoms with Gasteiger partial charge in [-0.3, -0.25) is 4.90 Å². The number of rotatable bonds is 3. The summed E-state index contributed by atoms with van der Waals surface area (Å²) in [6, 6.07) is 10.4. The first-order valence-electron chi connectivity index (χ1n) is 8.66. The van der Waals surface area contributed by atoms with Crippen LogP contribution in [0, 0.1) is 11.3 Å². The molecule has 2 aliphatic heterocycles. The third kappa shape index (κ3) is 3.57. The molecule has 2 heterocycles. The lowest BCUT2D eigenvalue weighted by atomic mass is 9.72. The SMILES string of the molecule is CC(C)(C)OC(=O)N1CC2(CN(Cc3ccccc3)C[C@@H]2CO)C1. The van der Waals surface area contributed by atoms with Gasteiger partial charge in [-0.1, -0.05) is 30.3 Å². The van der Waals surface area contributed by atoms with Gasteiger partial charge in [0.15, 0.2) is 0 Å². The molecule has 2 saturated heterocycles. The van der Waals surface area contributed by atoms with E-state index in [1.807, 2.05) is 26.8 Å². The second-order valence-corrected chi connectivity index (χ2v) is 8.23. The highest BCUT2D eigenvalue weighted by molar-refractivity contribution is 5.69. The summed E-state index contributed by atoms with van der Waals surface area (Å²) in [6.07, 6.45) is -0.244. The van der Waals surface area contributed by atoms with Crippen LogP contribution < -0.4 is 0 Å². The summed E-state index contributed by atoms with van der Waals surface area (Å²) in [5.41, 5.74) is 0.834. The molecule has 0 saturated carbocycles. The van der Waals surface area contributed by atoms with E-state index in [9.17, 15) is 9.90 Å². The molecule has 1 N–H and O–H groups in total. The minimum Gasteiger partial charge on any atom is -0.444 e. The van der Waals surface area contributed by atoms with Crippen LogP contribution in [0.3, 0.4) is 0 Å². The summed E-state index contributed by atoms with van der Waals surface area (Å²) in [5.74, 6) is 0.222. The summed E-state index contributed by atoms with van der Waals surface area (Å²) in [4.78, 5) is 16.3. The Morgan fingerprint density at radius 1 is 1.25 bits per heavy atom. The van der Waals surface area contributed by atoms with E-state index in [0.717, 1.165) is 19.6 Å². The number of aliphatic hydroxyl groups is 1. The average molecular weight is 332 g/mol. The van der Waals surface area contributed by atoms with E-state index in [-0.39, 0.29) is 24.0 Å².